The van der Waals surface area contributed by atoms with Gasteiger partial charge in [-0.25, -0.2) is 0 Å². The Hall–Kier alpha value is -0.590. The molecule has 1 unspecified atom stereocenters. The summed E-state index contributed by atoms with van der Waals surface area (Å²) in [6.07, 6.45) is 7.50. The minimum atomic E-state index is -0.218. The van der Waals surface area contributed by atoms with Gasteiger partial charge in [0, 0.05) is 12.7 Å². The third-order valence-electron chi connectivity index (χ3n) is 0.876. The number of nitrogens with zero attached hydrogens (tertiary/aromatic N) is 1. The van der Waals surface area contributed by atoms with E-state index in [0.29, 0.717) is 0 Å². The molecule has 1 aliphatic heterocycles. The van der Waals surface area contributed by atoms with Crippen molar-refractivity contribution in [2.75, 3.05) is 6.52 Å². The zero-order valence-corrected chi connectivity index (χ0v) is 4.17. The van der Waals surface area contributed by atoms with Crippen molar-refractivity contribution >= 4 is 6.21 Å². The van der Waals surface area contributed by atoms with Gasteiger partial charge in [-0.15, -0.1) is 0 Å². The van der Waals surface area contributed by atoms with Crippen LogP contribution < -0.4 is 0 Å². The SMILES string of the molecule is [2H]C1CCC=CC=N1. The molecule has 1 nitrogen and oxygen atoms in total. The van der Waals surface area contributed by atoms with Crippen molar-refractivity contribution in [2.24, 2.45) is 4.99 Å². The smallest absolute Gasteiger partial charge is 0.0515 e. The Morgan fingerprint density at radius 2 is 2.71 bits per heavy atom. The van der Waals surface area contributed by atoms with Crippen LogP contribution in [0.5, 0.6) is 0 Å². The Balaban J connectivity index is 2.46. The zero-order valence-electron chi connectivity index (χ0n) is 5.17. The molecule has 38 valence electrons. The van der Waals surface area contributed by atoms with Crippen LogP contribution >= 0.6 is 0 Å². The average molecular weight is 96.2 g/mol. The van der Waals surface area contributed by atoms with Crippen molar-refractivity contribution in [3.05, 3.63) is 12.2 Å². The minimum Gasteiger partial charge on any atom is -0.293 e. The van der Waals surface area contributed by atoms with Crippen LogP contribution in [-0.2, 0) is 0 Å². The molecule has 1 heterocycles. The van der Waals surface area contributed by atoms with Gasteiger partial charge in [0.25, 0.3) is 0 Å². The van der Waals surface area contributed by atoms with Gasteiger partial charge in [0.1, 0.15) is 0 Å². The summed E-state index contributed by atoms with van der Waals surface area (Å²) in [5, 5.41) is 0. The largest absolute Gasteiger partial charge is 0.293 e. The molecule has 0 spiro atoms. The van der Waals surface area contributed by atoms with Crippen LogP contribution in [0.1, 0.15) is 14.2 Å². The highest BCUT2D eigenvalue weighted by atomic mass is 14.7. The maximum Gasteiger partial charge on any atom is 0.0515 e. The summed E-state index contributed by atoms with van der Waals surface area (Å²) in [7, 11) is 0. The van der Waals surface area contributed by atoms with Crippen LogP contribution in [0, 0.1) is 0 Å². The summed E-state index contributed by atoms with van der Waals surface area (Å²) in [6, 6.07) is 0. The van der Waals surface area contributed by atoms with Crippen molar-refractivity contribution in [1.29, 1.82) is 0 Å². The molecule has 0 aliphatic carbocycles. The van der Waals surface area contributed by atoms with Gasteiger partial charge < -0.3 is 0 Å². The van der Waals surface area contributed by atoms with E-state index < -0.39 is 0 Å². The van der Waals surface area contributed by atoms with E-state index in [2.05, 4.69) is 4.99 Å². The Bertz CT molecular complexity index is 118. The molecule has 1 aliphatic rings. The molecule has 0 radical (unpaired) electrons. The van der Waals surface area contributed by atoms with Crippen LogP contribution in [0.2, 0.25) is 0 Å². The molecule has 0 saturated heterocycles. The van der Waals surface area contributed by atoms with Crippen molar-refractivity contribution in [3.8, 4) is 0 Å². The van der Waals surface area contributed by atoms with Gasteiger partial charge in [-0.1, -0.05) is 6.08 Å². The predicted octanol–water partition coefficient (Wildman–Crippen LogP) is 1.41. The fourth-order valence-electron chi connectivity index (χ4n) is 0.513. The fraction of sp³-hybridized carbons (Fsp3) is 0.500. The number of aliphatic imine (C=N–C) groups is 1. The average Bonchev–Trinajstić information content (AvgIpc) is 1.94. The highest BCUT2D eigenvalue weighted by Gasteiger charge is 1.81. The second kappa shape index (κ2) is 2.56. The summed E-state index contributed by atoms with van der Waals surface area (Å²) >= 11 is 0. The minimum absolute atomic E-state index is 0.218. The fourth-order valence-corrected chi connectivity index (χ4v) is 0.513. The van der Waals surface area contributed by atoms with E-state index in [4.69, 9.17) is 1.37 Å². The van der Waals surface area contributed by atoms with Crippen LogP contribution in [0.15, 0.2) is 17.1 Å². The molecular formula is C6H9N. The topological polar surface area (TPSA) is 12.4 Å². The molecule has 0 bridgehead atoms. The molecule has 0 amide bonds. The molecule has 1 heteroatoms. The van der Waals surface area contributed by atoms with Crippen LogP contribution in [-0.4, -0.2) is 12.7 Å². The highest BCUT2D eigenvalue weighted by Crippen LogP contribution is 1.93. The summed E-state index contributed by atoms with van der Waals surface area (Å²) in [5.74, 6) is 0. The Morgan fingerprint density at radius 3 is 3.71 bits per heavy atom. The normalized spacial score (nSPS) is 32.0. The molecule has 1 rings (SSSR count). The first-order chi connectivity index (χ1) is 3.89. The van der Waals surface area contributed by atoms with Gasteiger partial charge in [0.15, 0.2) is 0 Å². The van der Waals surface area contributed by atoms with E-state index in [0.717, 1.165) is 12.8 Å². The lowest BCUT2D eigenvalue weighted by Gasteiger charge is -1.81. The molecular weight excluding hydrogens is 86.1 g/mol. The Morgan fingerprint density at radius 1 is 1.71 bits per heavy atom. The van der Waals surface area contributed by atoms with E-state index >= 15 is 0 Å². The standard InChI is InChI=1S/C6H9N/c1-2-4-6-7-5-3-1/h1,3,5H,2,4,6H2/i6D. The third-order valence-corrected chi connectivity index (χ3v) is 0.876. The monoisotopic (exact) mass is 96.1 g/mol. The van der Waals surface area contributed by atoms with E-state index in [1.807, 2.05) is 12.2 Å². The second-order valence-electron chi connectivity index (χ2n) is 1.49. The molecule has 0 aromatic carbocycles. The zero-order chi connectivity index (χ0) is 5.82. The molecule has 0 saturated carbocycles. The Labute approximate surface area is 45.2 Å². The summed E-state index contributed by atoms with van der Waals surface area (Å²) in [6.45, 7) is -0.218. The maximum atomic E-state index is 7.17. The van der Waals surface area contributed by atoms with E-state index in [-0.39, 0.29) is 6.52 Å². The lowest BCUT2D eigenvalue weighted by atomic mass is 10.3. The van der Waals surface area contributed by atoms with E-state index in [1.165, 1.54) is 0 Å². The predicted molar refractivity (Wildman–Crippen MR) is 31.7 cm³/mol. The Kier molecular flexibility index (Phi) is 1.25. The maximum absolute atomic E-state index is 7.17. The number of allylic oxidation sites excluding steroid dienone is 2. The van der Waals surface area contributed by atoms with Crippen molar-refractivity contribution in [1.82, 2.24) is 0 Å². The number of rotatable bonds is 0. The van der Waals surface area contributed by atoms with Gasteiger partial charge in [-0.3, -0.25) is 4.99 Å². The van der Waals surface area contributed by atoms with Gasteiger partial charge in [0.2, 0.25) is 0 Å². The first kappa shape index (κ1) is 3.42. The van der Waals surface area contributed by atoms with E-state index in [1.54, 1.807) is 6.21 Å². The molecule has 0 aromatic heterocycles. The van der Waals surface area contributed by atoms with Crippen molar-refractivity contribution < 1.29 is 1.37 Å². The third kappa shape index (κ3) is 1.53. The van der Waals surface area contributed by atoms with E-state index in [9.17, 15) is 0 Å². The van der Waals surface area contributed by atoms with Gasteiger partial charge >= 0.3 is 0 Å². The molecule has 0 N–H and O–H groups in total. The molecule has 7 heavy (non-hydrogen) atoms. The first-order valence-electron chi connectivity index (χ1n) is 3.08. The number of hydrogen-bond acceptors (Lipinski definition) is 1. The summed E-state index contributed by atoms with van der Waals surface area (Å²) in [5.41, 5.74) is 0. The summed E-state index contributed by atoms with van der Waals surface area (Å²) in [4.78, 5) is 3.88. The molecule has 0 aromatic rings. The second-order valence-corrected chi connectivity index (χ2v) is 1.49. The van der Waals surface area contributed by atoms with Crippen LogP contribution in [0.25, 0.3) is 0 Å². The lowest BCUT2D eigenvalue weighted by molar-refractivity contribution is 0.866. The quantitative estimate of drug-likeness (QED) is 0.432. The van der Waals surface area contributed by atoms with Crippen LogP contribution in [0.3, 0.4) is 0 Å². The van der Waals surface area contributed by atoms with Crippen molar-refractivity contribution in [2.45, 2.75) is 12.8 Å². The highest BCUT2D eigenvalue weighted by molar-refractivity contribution is 5.71. The summed E-state index contributed by atoms with van der Waals surface area (Å²) < 4.78 is 7.17. The first-order valence-corrected chi connectivity index (χ1v) is 2.50. The van der Waals surface area contributed by atoms with Crippen LogP contribution in [0.4, 0.5) is 0 Å². The molecule has 0 fully saturated rings. The van der Waals surface area contributed by atoms with Gasteiger partial charge in [0.05, 0.1) is 1.37 Å². The number of hydrogen-bond donors (Lipinski definition) is 0. The molecule has 1 atom stereocenters. The van der Waals surface area contributed by atoms with Crippen molar-refractivity contribution in [3.63, 3.8) is 0 Å². The van der Waals surface area contributed by atoms with Gasteiger partial charge in [-0.05, 0) is 18.9 Å². The lowest BCUT2D eigenvalue weighted by Crippen LogP contribution is -1.73. The van der Waals surface area contributed by atoms with Gasteiger partial charge in [-0.2, -0.15) is 0 Å².